The number of hydrogen-bond donors (Lipinski definition) is 3. The van der Waals surface area contributed by atoms with Gasteiger partial charge in [0, 0.05) is 4.88 Å². The summed E-state index contributed by atoms with van der Waals surface area (Å²) in [5.41, 5.74) is 2.15. The predicted octanol–water partition coefficient (Wildman–Crippen LogP) is 3.17. The summed E-state index contributed by atoms with van der Waals surface area (Å²) >= 11 is 1.64. The fraction of sp³-hybridized carbons (Fsp3) is 0.333. The van der Waals surface area contributed by atoms with Crippen molar-refractivity contribution in [2.75, 3.05) is 0 Å². The molecule has 1 unspecified atom stereocenters. The number of benzene rings is 1. The maximum atomic E-state index is 12.9. The molecule has 5 nitrogen and oxygen atoms in total. The molecule has 1 fully saturated rings. The summed E-state index contributed by atoms with van der Waals surface area (Å²) in [7, 11) is 0. The molecule has 2 aromatic heterocycles. The molecule has 0 radical (unpaired) electrons. The SMILES string of the molecule is Cc1nc2c(C(=O)NC(c3cccs3)C3CC(O)C3)cccc2[nH]1. The molecule has 1 aliphatic rings. The van der Waals surface area contributed by atoms with Crippen molar-refractivity contribution in [2.24, 2.45) is 5.92 Å². The lowest BCUT2D eigenvalue weighted by Crippen LogP contribution is -2.41. The van der Waals surface area contributed by atoms with Crippen LogP contribution in [-0.2, 0) is 0 Å². The molecule has 24 heavy (non-hydrogen) atoms. The Morgan fingerprint density at radius 2 is 2.21 bits per heavy atom. The average Bonchev–Trinajstić information content (AvgIpc) is 3.17. The van der Waals surface area contributed by atoms with E-state index in [0.29, 0.717) is 11.1 Å². The summed E-state index contributed by atoms with van der Waals surface area (Å²) in [6, 6.07) is 9.56. The number of carbonyl (C=O) groups is 1. The smallest absolute Gasteiger partial charge is 0.254 e. The molecule has 1 amide bonds. The van der Waals surface area contributed by atoms with E-state index >= 15 is 0 Å². The number of aromatic nitrogens is 2. The van der Waals surface area contributed by atoms with E-state index in [1.165, 1.54) is 0 Å². The number of aliphatic hydroxyl groups excluding tert-OH is 1. The van der Waals surface area contributed by atoms with Gasteiger partial charge >= 0.3 is 0 Å². The average molecular weight is 341 g/mol. The number of aryl methyl sites for hydroxylation is 1. The molecule has 1 aromatic carbocycles. The first kappa shape index (κ1) is 15.4. The van der Waals surface area contributed by atoms with Crippen LogP contribution < -0.4 is 5.32 Å². The van der Waals surface area contributed by atoms with Gasteiger partial charge in [0.15, 0.2) is 0 Å². The topological polar surface area (TPSA) is 78.0 Å². The lowest BCUT2D eigenvalue weighted by Gasteiger charge is -2.37. The first-order valence-electron chi connectivity index (χ1n) is 8.09. The second-order valence-electron chi connectivity index (χ2n) is 6.38. The Bertz CT molecular complexity index is 866. The number of fused-ring (bicyclic) bond motifs is 1. The molecule has 1 atom stereocenters. The van der Waals surface area contributed by atoms with Crippen molar-refractivity contribution in [3.05, 3.63) is 52.0 Å². The minimum Gasteiger partial charge on any atom is -0.393 e. The van der Waals surface area contributed by atoms with Crippen molar-refractivity contribution in [3.8, 4) is 0 Å². The van der Waals surface area contributed by atoms with Gasteiger partial charge < -0.3 is 15.4 Å². The van der Waals surface area contributed by atoms with Crippen molar-refractivity contribution in [2.45, 2.75) is 31.9 Å². The lowest BCUT2D eigenvalue weighted by molar-refractivity contribution is 0.0241. The molecule has 1 aliphatic carbocycles. The second kappa shape index (κ2) is 6.03. The Labute approximate surface area is 143 Å². The number of nitrogens with zero attached hydrogens (tertiary/aromatic N) is 1. The minimum atomic E-state index is -0.244. The Kier molecular flexibility index (Phi) is 3.86. The third-order valence-electron chi connectivity index (χ3n) is 4.63. The van der Waals surface area contributed by atoms with E-state index in [-0.39, 0.29) is 24.0 Å². The highest BCUT2D eigenvalue weighted by molar-refractivity contribution is 7.10. The predicted molar refractivity (Wildman–Crippen MR) is 94.1 cm³/mol. The third-order valence-corrected chi connectivity index (χ3v) is 5.59. The van der Waals surface area contributed by atoms with Crippen LogP contribution in [0.2, 0.25) is 0 Å². The number of amides is 1. The van der Waals surface area contributed by atoms with Gasteiger partial charge in [-0.1, -0.05) is 12.1 Å². The van der Waals surface area contributed by atoms with Gasteiger partial charge in [-0.25, -0.2) is 4.98 Å². The van der Waals surface area contributed by atoms with Crippen LogP contribution in [0.5, 0.6) is 0 Å². The standard InChI is InChI=1S/C18H19N3O2S/c1-10-19-14-5-2-4-13(17(14)20-10)18(23)21-16(11-8-12(22)9-11)15-6-3-7-24-15/h2-7,11-12,16,22H,8-9H2,1H3,(H,19,20)(H,21,23). The van der Waals surface area contributed by atoms with Crippen LogP contribution in [0.4, 0.5) is 0 Å². The van der Waals surface area contributed by atoms with Crippen LogP contribution in [0.1, 0.15) is 39.9 Å². The molecule has 0 aliphatic heterocycles. The molecule has 4 rings (SSSR count). The first-order chi connectivity index (χ1) is 11.6. The van der Waals surface area contributed by atoms with Crippen molar-refractivity contribution in [3.63, 3.8) is 0 Å². The molecular formula is C18H19N3O2S. The third kappa shape index (κ3) is 2.72. The summed E-state index contributed by atoms with van der Waals surface area (Å²) in [5, 5.41) is 14.8. The van der Waals surface area contributed by atoms with E-state index in [1.54, 1.807) is 17.4 Å². The number of H-pyrrole nitrogens is 1. The number of imidazole rings is 1. The van der Waals surface area contributed by atoms with E-state index in [4.69, 9.17) is 0 Å². The lowest BCUT2D eigenvalue weighted by atomic mass is 9.76. The van der Waals surface area contributed by atoms with Crippen LogP contribution in [-0.4, -0.2) is 27.1 Å². The summed E-state index contributed by atoms with van der Waals surface area (Å²) in [4.78, 5) is 21.6. The quantitative estimate of drug-likeness (QED) is 0.682. The minimum absolute atomic E-state index is 0.0591. The number of carbonyl (C=O) groups excluding carboxylic acids is 1. The van der Waals surface area contributed by atoms with Gasteiger partial charge in [0.05, 0.1) is 23.2 Å². The van der Waals surface area contributed by atoms with Crippen LogP contribution in [0.25, 0.3) is 11.0 Å². The fourth-order valence-corrected chi connectivity index (χ4v) is 4.22. The van der Waals surface area contributed by atoms with Gasteiger partial charge in [-0.2, -0.15) is 0 Å². The van der Waals surface area contributed by atoms with Gasteiger partial charge in [-0.05, 0) is 49.3 Å². The van der Waals surface area contributed by atoms with E-state index < -0.39 is 0 Å². The molecule has 0 bridgehead atoms. The number of aliphatic hydroxyl groups is 1. The van der Waals surface area contributed by atoms with E-state index in [1.807, 2.05) is 36.6 Å². The fourth-order valence-electron chi connectivity index (χ4n) is 3.35. The second-order valence-corrected chi connectivity index (χ2v) is 7.36. The zero-order valence-electron chi connectivity index (χ0n) is 13.3. The number of rotatable bonds is 4. The van der Waals surface area contributed by atoms with Crippen molar-refractivity contribution < 1.29 is 9.90 Å². The Morgan fingerprint density at radius 3 is 2.92 bits per heavy atom. The summed E-state index contributed by atoms with van der Waals surface area (Å²) < 4.78 is 0. The molecular weight excluding hydrogens is 322 g/mol. The Hall–Kier alpha value is -2.18. The number of hydrogen-bond acceptors (Lipinski definition) is 4. The van der Waals surface area contributed by atoms with E-state index in [2.05, 4.69) is 15.3 Å². The number of aromatic amines is 1. The van der Waals surface area contributed by atoms with Gasteiger partial charge in [-0.15, -0.1) is 11.3 Å². The summed E-state index contributed by atoms with van der Waals surface area (Å²) in [5.74, 6) is 0.955. The largest absolute Gasteiger partial charge is 0.393 e. The van der Waals surface area contributed by atoms with E-state index in [9.17, 15) is 9.90 Å². The Balaban J connectivity index is 1.63. The van der Waals surface area contributed by atoms with Gasteiger partial charge in [0.2, 0.25) is 0 Å². The highest BCUT2D eigenvalue weighted by Crippen LogP contribution is 2.39. The number of nitrogens with one attached hydrogen (secondary N) is 2. The Morgan fingerprint density at radius 1 is 1.38 bits per heavy atom. The molecule has 2 heterocycles. The summed E-state index contributed by atoms with van der Waals surface area (Å²) in [6.07, 6.45) is 1.22. The maximum Gasteiger partial charge on any atom is 0.254 e. The highest BCUT2D eigenvalue weighted by atomic mass is 32.1. The van der Waals surface area contributed by atoms with Crippen molar-refractivity contribution in [1.29, 1.82) is 0 Å². The zero-order chi connectivity index (χ0) is 16.7. The van der Waals surface area contributed by atoms with Crippen LogP contribution in [0, 0.1) is 12.8 Å². The molecule has 3 aromatic rings. The number of para-hydroxylation sites is 1. The molecule has 3 N–H and O–H groups in total. The first-order valence-corrected chi connectivity index (χ1v) is 8.97. The number of thiophene rings is 1. The van der Waals surface area contributed by atoms with Crippen molar-refractivity contribution in [1.82, 2.24) is 15.3 Å². The molecule has 124 valence electrons. The molecule has 0 saturated heterocycles. The highest BCUT2D eigenvalue weighted by Gasteiger charge is 2.36. The van der Waals surface area contributed by atoms with Crippen LogP contribution in [0.3, 0.4) is 0 Å². The normalized spacial score (nSPS) is 21.4. The van der Waals surface area contributed by atoms with Crippen molar-refractivity contribution >= 4 is 28.3 Å². The summed E-state index contributed by atoms with van der Waals surface area (Å²) in [6.45, 7) is 1.88. The molecule has 6 heteroatoms. The zero-order valence-corrected chi connectivity index (χ0v) is 14.1. The van der Waals surface area contributed by atoms with Gasteiger partial charge in [0.25, 0.3) is 5.91 Å². The van der Waals surface area contributed by atoms with Crippen LogP contribution >= 0.6 is 11.3 Å². The maximum absolute atomic E-state index is 12.9. The van der Waals surface area contributed by atoms with Gasteiger partial charge in [0.1, 0.15) is 11.3 Å². The van der Waals surface area contributed by atoms with Gasteiger partial charge in [-0.3, -0.25) is 4.79 Å². The monoisotopic (exact) mass is 341 g/mol. The van der Waals surface area contributed by atoms with Crippen LogP contribution in [0.15, 0.2) is 35.7 Å². The molecule has 0 spiro atoms. The molecule has 1 saturated carbocycles. The van der Waals surface area contributed by atoms with E-state index in [0.717, 1.165) is 29.1 Å².